The monoisotopic (exact) mass is 172 g/mol. The maximum atomic E-state index is 11.8. The van der Waals surface area contributed by atoms with Gasteiger partial charge in [0.25, 0.3) is 0 Å². The number of aryl methyl sites for hydroxylation is 1. The molecule has 0 aromatic carbocycles. The fourth-order valence-electron chi connectivity index (χ4n) is 1.05. The van der Waals surface area contributed by atoms with Crippen LogP contribution in [0.2, 0.25) is 0 Å². The first kappa shape index (κ1) is 9.12. The van der Waals surface area contributed by atoms with Crippen LogP contribution in [0.5, 0.6) is 0 Å². The summed E-state index contributed by atoms with van der Waals surface area (Å²) in [5, 5.41) is 10.6. The first-order valence-electron chi connectivity index (χ1n) is 3.89. The maximum Gasteiger partial charge on any atom is 0.149 e. The van der Waals surface area contributed by atoms with E-state index in [1.165, 1.54) is 0 Å². The van der Waals surface area contributed by atoms with Crippen LogP contribution in [0.25, 0.3) is 0 Å². The highest BCUT2D eigenvalue weighted by atomic mass is 19.1. The van der Waals surface area contributed by atoms with Gasteiger partial charge in [-0.05, 0) is 6.92 Å². The number of aromatic nitrogens is 3. The predicted molar refractivity (Wildman–Crippen MR) is 43.4 cm³/mol. The molecule has 4 nitrogen and oxygen atoms in total. The van der Waals surface area contributed by atoms with Crippen LogP contribution in [0.4, 0.5) is 4.39 Å². The fraction of sp³-hybridized carbons (Fsp3) is 0.714. The molecular formula is C7H13FN4. The molecule has 0 aliphatic carbocycles. The molecule has 1 rings (SSSR count). The van der Waals surface area contributed by atoms with Crippen LogP contribution < -0.4 is 5.32 Å². The Balaban J connectivity index is 2.52. The number of rotatable bonds is 4. The largest absolute Gasteiger partial charge is 0.319 e. The maximum absolute atomic E-state index is 11.8. The van der Waals surface area contributed by atoms with Crippen molar-refractivity contribution in [2.45, 2.75) is 13.0 Å². The van der Waals surface area contributed by atoms with Gasteiger partial charge in [0.05, 0.1) is 6.04 Å². The number of alkyl halides is 1. The molecule has 0 aliphatic heterocycles. The molecule has 0 aliphatic rings. The van der Waals surface area contributed by atoms with Crippen LogP contribution >= 0.6 is 0 Å². The van der Waals surface area contributed by atoms with Crippen LogP contribution in [0.3, 0.4) is 0 Å². The molecule has 5 heteroatoms. The van der Waals surface area contributed by atoms with Crippen LogP contribution in [0.15, 0.2) is 6.33 Å². The highest BCUT2D eigenvalue weighted by molar-refractivity contribution is 4.91. The van der Waals surface area contributed by atoms with Crippen LogP contribution in [-0.2, 0) is 7.05 Å². The molecule has 0 fully saturated rings. The van der Waals surface area contributed by atoms with Crippen molar-refractivity contribution >= 4 is 0 Å². The zero-order valence-electron chi connectivity index (χ0n) is 7.29. The Kier molecular flexibility index (Phi) is 3.16. The van der Waals surface area contributed by atoms with Crippen LogP contribution in [-0.4, -0.2) is 28.0 Å². The standard InChI is InChI=1S/C7H13FN4/c1-6(9-4-3-8)7-11-10-5-12(7)2/h5-6,9H,3-4H2,1-2H3. The zero-order chi connectivity index (χ0) is 8.97. The van der Waals surface area contributed by atoms with E-state index in [1.807, 2.05) is 18.5 Å². The molecule has 1 heterocycles. The predicted octanol–water partition coefficient (Wildman–Crippen LogP) is 0.435. The van der Waals surface area contributed by atoms with Crippen molar-refractivity contribution in [3.63, 3.8) is 0 Å². The van der Waals surface area contributed by atoms with E-state index in [0.29, 0.717) is 6.54 Å². The summed E-state index contributed by atoms with van der Waals surface area (Å²) in [6.07, 6.45) is 1.63. The minimum Gasteiger partial charge on any atom is -0.319 e. The number of halogens is 1. The molecule has 0 saturated heterocycles. The topological polar surface area (TPSA) is 42.7 Å². The zero-order valence-corrected chi connectivity index (χ0v) is 7.29. The summed E-state index contributed by atoms with van der Waals surface area (Å²) < 4.78 is 13.6. The SMILES string of the molecule is CC(NCCF)c1nncn1C. The van der Waals surface area contributed by atoms with Crippen molar-refractivity contribution in [1.82, 2.24) is 20.1 Å². The summed E-state index contributed by atoms with van der Waals surface area (Å²) in [4.78, 5) is 0. The number of nitrogens with one attached hydrogen (secondary N) is 1. The Morgan fingerprint density at radius 2 is 2.50 bits per heavy atom. The average molecular weight is 172 g/mol. The Bertz CT molecular complexity index is 235. The van der Waals surface area contributed by atoms with Gasteiger partial charge in [0, 0.05) is 13.6 Å². The second-order valence-corrected chi connectivity index (χ2v) is 2.66. The molecule has 1 unspecified atom stereocenters. The van der Waals surface area contributed by atoms with E-state index in [-0.39, 0.29) is 12.7 Å². The first-order valence-corrected chi connectivity index (χ1v) is 3.89. The quantitative estimate of drug-likeness (QED) is 0.716. The average Bonchev–Trinajstić information content (AvgIpc) is 2.47. The van der Waals surface area contributed by atoms with Crippen molar-refractivity contribution in [1.29, 1.82) is 0 Å². The number of hydrogen-bond acceptors (Lipinski definition) is 3. The molecule has 1 aromatic rings. The molecule has 0 amide bonds. The van der Waals surface area contributed by atoms with Crippen molar-refractivity contribution in [3.05, 3.63) is 12.2 Å². The molecule has 0 spiro atoms. The fourth-order valence-corrected chi connectivity index (χ4v) is 1.05. The summed E-state index contributed by atoms with van der Waals surface area (Å²) >= 11 is 0. The second kappa shape index (κ2) is 4.15. The van der Waals surface area contributed by atoms with Gasteiger partial charge in [-0.25, -0.2) is 4.39 Å². The molecule has 12 heavy (non-hydrogen) atoms. The van der Waals surface area contributed by atoms with Gasteiger partial charge in [-0.1, -0.05) is 0 Å². The third kappa shape index (κ3) is 2.01. The van der Waals surface area contributed by atoms with Crippen molar-refractivity contribution < 1.29 is 4.39 Å². The minimum atomic E-state index is -0.359. The number of nitrogens with zero attached hydrogens (tertiary/aromatic N) is 3. The van der Waals surface area contributed by atoms with Gasteiger partial charge < -0.3 is 9.88 Å². The van der Waals surface area contributed by atoms with E-state index in [0.717, 1.165) is 5.82 Å². The highest BCUT2D eigenvalue weighted by Crippen LogP contribution is 2.05. The summed E-state index contributed by atoms with van der Waals surface area (Å²) in [6, 6.07) is 0.0493. The van der Waals surface area contributed by atoms with Gasteiger partial charge in [0.2, 0.25) is 0 Å². The lowest BCUT2D eigenvalue weighted by atomic mass is 10.3. The molecule has 1 atom stereocenters. The molecule has 68 valence electrons. The van der Waals surface area contributed by atoms with Gasteiger partial charge in [0.1, 0.15) is 18.8 Å². The Morgan fingerprint density at radius 1 is 1.75 bits per heavy atom. The lowest BCUT2D eigenvalue weighted by Gasteiger charge is -2.10. The first-order chi connectivity index (χ1) is 5.75. The lowest BCUT2D eigenvalue weighted by Crippen LogP contribution is -2.23. The van der Waals surface area contributed by atoms with Crippen LogP contribution in [0.1, 0.15) is 18.8 Å². The van der Waals surface area contributed by atoms with E-state index in [2.05, 4.69) is 15.5 Å². The molecule has 0 bridgehead atoms. The molecular weight excluding hydrogens is 159 g/mol. The van der Waals surface area contributed by atoms with E-state index < -0.39 is 0 Å². The van der Waals surface area contributed by atoms with Crippen molar-refractivity contribution in [2.24, 2.45) is 7.05 Å². The summed E-state index contributed by atoms with van der Waals surface area (Å²) in [5.74, 6) is 0.823. The lowest BCUT2D eigenvalue weighted by molar-refractivity contribution is 0.434. The Labute approximate surface area is 70.8 Å². The molecule has 1 N–H and O–H groups in total. The van der Waals surface area contributed by atoms with E-state index in [1.54, 1.807) is 6.33 Å². The highest BCUT2D eigenvalue weighted by Gasteiger charge is 2.09. The number of hydrogen-bond donors (Lipinski definition) is 1. The third-order valence-electron chi connectivity index (χ3n) is 1.68. The molecule has 0 radical (unpaired) electrons. The van der Waals surface area contributed by atoms with Crippen molar-refractivity contribution in [3.8, 4) is 0 Å². The summed E-state index contributed by atoms with van der Waals surface area (Å²) in [5.41, 5.74) is 0. The van der Waals surface area contributed by atoms with Gasteiger partial charge in [-0.15, -0.1) is 10.2 Å². The smallest absolute Gasteiger partial charge is 0.149 e. The van der Waals surface area contributed by atoms with Crippen molar-refractivity contribution in [2.75, 3.05) is 13.2 Å². The second-order valence-electron chi connectivity index (χ2n) is 2.66. The van der Waals surface area contributed by atoms with Gasteiger partial charge in [0.15, 0.2) is 0 Å². The minimum absolute atomic E-state index is 0.0493. The van der Waals surface area contributed by atoms with Crippen LogP contribution in [0, 0.1) is 0 Å². The Morgan fingerprint density at radius 3 is 3.00 bits per heavy atom. The summed E-state index contributed by atoms with van der Waals surface area (Å²) in [7, 11) is 1.86. The molecule has 0 saturated carbocycles. The van der Waals surface area contributed by atoms with E-state index >= 15 is 0 Å². The van der Waals surface area contributed by atoms with Gasteiger partial charge in [-0.3, -0.25) is 0 Å². The van der Waals surface area contributed by atoms with Gasteiger partial charge >= 0.3 is 0 Å². The van der Waals surface area contributed by atoms with E-state index in [4.69, 9.17) is 0 Å². The Hall–Kier alpha value is -0.970. The summed E-state index contributed by atoms with van der Waals surface area (Å²) in [6.45, 7) is 1.93. The third-order valence-corrected chi connectivity index (χ3v) is 1.68. The normalized spacial score (nSPS) is 13.2. The molecule has 1 aromatic heterocycles. The van der Waals surface area contributed by atoms with E-state index in [9.17, 15) is 4.39 Å². The van der Waals surface area contributed by atoms with Gasteiger partial charge in [-0.2, -0.15) is 0 Å².